The van der Waals surface area contributed by atoms with E-state index in [-0.39, 0.29) is 0 Å². The topological polar surface area (TPSA) is 54.3 Å². The van der Waals surface area contributed by atoms with Crippen LogP contribution in [0.15, 0.2) is 6.20 Å². The fourth-order valence-electron chi connectivity index (χ4n) is 5.69. The third-order valence-corrected chi connectivity index (χ3v) is 7.35. The third-order valence-electron chi connectivity index (χ3n) is 7.35. The van der Waals surface area contributed by atoms with Crippen LogP contribution in [0.4, 0.5) is 0 Å². The number of likely N-dealkylation sites (tertiary alicyclic amines) is 2. The Morgan fingerprint density at radius 3 is 2.70 bits per heavy atom. The number of piperidine rings is 1. The van der Waals surface area contributed by atoms with E-state index in [9.17, 15) is 4.79 Å². The molecule has 2 saturated heterocycles. The molecule has 3 atom stereocenters. The largest absolute Gasteiger partial charge is 0.338 e. The van der Waals surface area contributed by atoms with E-state index in [1.54, 1.807) is 0 Å². The smallest absolute Gasteiger partial charge is 0.237 e. The summed E-state index contributed by atoms with van der Waals surface area (Å²) in [7, 11) is 0. The highest BCUT2D eigenvalue weighted by atomic mass is 16.2. The van der Waals surface area contributed by atoms with Gasteiger partial charge >= 0.3 is 0 Å². The van der Waals surface area contributed by atoms with Crippen LogP contribution in [0.25, 0.3) is 0 Å². The van der Waals surface area contributed by atoms with Crippen molar-refractivity contribution in [1.29, 1.82) is 0 Å². The molecule has 6 heteroatoms. The first-order valence-corrected chi connectivity index (χ1v) is 11.2. The van der Waals surface area contributed by atoms with E-state index in [1.165, 1.54) is 57.8 Å². The summed E-state index contributed by atoms with van der Waals surface area (Å²) < 4.78 is 2.01. The van der Waals surface area contributed by atoms with Gasteiger partial charge in [0.05, 0.1) is 18.8 Å². The number of carbonyl (C=O) groups is 1. The van der Waals surface area contributed by atoms with Crippen LogP contribution in [0.1, 0.15) is 75.8 Å². The summed E-state index contributed by atoms with van der Waals surface area (Å²) in [6, 6.07) is 0.951. The Labute approximate surface area is 162 Å². The Kier molecular flexibility index (Phi) is 4.92. The van der Waals surface area contributed by atoms with Crippen LogP contribution in [-0.4, -0.2) is 62.4 Å². The molecule has 3 heterocycles. The predicted molar refractivity (Wildman–Crippen MR) is 103 cm³/mol. The predicted octanol–water partition coefficient (Wildman–Crippen LogP) is 2.80. The summed E-state index contributed by atoms with van der Waals surface area (Å²) in [4.78, 5) is 17.8. The lowest BCUT2D eigenvalue weighted by Crippen LogP contribution is -2.53. The van der Waals surface area contributed by atoms with Crippen molar-refractivity contribution in [2.45, 2.75) is 88.8 Å². The summed E-state index contributed by atoms with van der Waals surface area (Å²) >= 11 is 0. The zero-order valence-corrected chi connectivity index (χ0v) is 16.4. The lowest BCUT2D eigenvalue weighted by Gasteiger charge is -2.44. The zero-order valence-electron chi connectivity index (χ0n) is 16.4. The molecule has 1 aromatic rings. The molecule has 0 radical (unpaired) electrons. The quantitative estimate of drug-likeness (QED) is 0.799. The maximum atomic E-state index is 13.2. The molecule has 5 rings (SSSR count). The highest BCUT2D eigenvalue weighted by Crippen LogP contribution is 2.38. The van der Waals surface area contributed by atoms with Gasteiger partial charge in [-0.25, -0.2) is 0 Å². The summed E-state index contributed by atoms with van der Waals surface area (Å²) in [6.07, 6.45) is 14.8. The molecule has 0 spiro atoms. The van der Waals surface area contributed by atoms with Gasteiger partial charge in [0.25, 0.3) is 0 Å². The fraction of sp³-hybridized carbons (Fsp3) is 0.857. The molecule has 4 fully saturated rings. The molecule has 2 aliphatic carbocycles. The van der Waals surface area contributed by atoms with E-state index < -0.39 is 0 Å². The van der Waals surface area contributed by atoms with E-state index in [2.05, 4.69) is 26.3 Å². The number of fused-ring (bicyclic) bond motifs is 1. The Bertz CT molecular complexity index is 667. The van der Waals surface area contributed by atoms with Crippen molar-refractivity contribution in [1.82, 2.24) is 24.8 Å². The second-order valence-corrected chi connectivity index (χ2v) is 9.25. The second-order valence-electron chi connectivity index (χ2n) is 9.25. The molecule has 0 N–H and O–H groups in total. The maximum absolute atomic E-state index is 13.2. The summed E-state index contributed by atoms with van der Waals surface area (Å²) in [5.41, 5.74) is 1.16. The van der Waals surface area contributed by atoms with E-state index in [0.29, 0.717) is 30.5 Å². The molecule has 0 aromatic carbocycles. The SMILES string of the molecule is O=C(CN1CCC[C@H]1Cn1cc(C2CC2)nn1)N1CCCC2CCCCC21. The lowest BCUT2D eigenvalue weighted by molar-refractivity contribution is -0.139. The number of rotatable bonds is 5. The molecule has 2 aliphatic heterocycles. The van der Waals surface area contributed by atoms with Gasteiger partial charge in [-0.2, -0.15) is 0 Å². The van der Waals surface area contributed by atoms with Crippen molar-refractivity contribution in [3.63, 3.8) is 0 Å². The van der Waals surface area contributed by atoms with Crippen LogP contribution in [-0.2, 0) is 11.3 Å². The van der Waals surface area contributed by atoms with Gasteiger partial charge in [-0.05, 0) is 63.8 Å². The summed E-state index contributed by atoms with van der Waals surface area (Å²) in [5, 5.41) is 8.69. The van der Waals surface area contributed by atoms with Gasteiger partial charge in [0.15, 0.2) is 0 Å². The molecule has 2 unspecified atom stereocenters. The minimum atomic E-state index is 0.371. The molecule has 1 aromatic heterocycles. The second kappa shape index (κ2) is 7.53. The van der Waals surface area contributed by atoms with Gasteiger partial charge in [0.1, 0.15) is 0 Å². The first kappa shape index (κ1) is 17.7. The monoisotopic (exact) mass is 371 g/mol. The van der Waals surface area contributed by atoms with Crippen LogP contribution >= 0.6 is 0 Å². The van der Waals surface area contributed by atoms with E-state index in [4.69, 9.17) is 0 Å². The van der Waals surface area contributed by atoms with Crippen LogP contribution in [0, 0.1) is 5.92 Å². The lowest BCUT2D eigenvalue weighted by atomic mass is 9.78. The highest BCUT2D eigenvalue weighted by molar-refractivity contribution is 5.78. The normalized spacial score (nSPS) is 31.9. The van der Waals surface area contributed by atoms with Crippen LogP contribution in [0.5, 0.6) is 0 Å². The van der Waals surface area contributed by atoms with Crippen molar-refractivity contribution < 1.29 is 4.79 Å². The van der Waals surface area contributed by atoms with E-state index >= 15 is 0 Å². The number of nitrogens with zero attached hydrogens (tertiary/aromatic N) is 5. The summed E-state index contributed by atoms with van der Waals surface area (Å²) in [5.74, 6) is 1.79. The van der Waals surface area contributed by atoms with Gasteiger partial charge in [0.2, 0.25) is 5.91 Å². The Morgan fingerprint density at radius 2 is 1.81 bits per heavy atom. The molecule has 148 valence electrons. The Morgan fingerprint density at radius 1 is 1.00 bits per heavy atom. The van der Waals surface area contributed by atoms with Crippen molar-refractivity contribution in [3.8, 4) is 0 Å². The molecule has 27 heavy (non-hydrogen) atoms. The van der Waals surface area contributed by atoms with Crippen molar-refractivity contribution in [3.05, 3.63) is 11.9 Å². The minimum absolute atomic E-state index is 0.371. The van der Waals surface area contributed by atoms with Gasteiger partial charge in [-0.3, -0.25) is 14.4 Å². The number of carbonyl (C=O) groups excluding carboxylic acids is 1. The fourth-order valence-corrected chi connectivity index (χ4v) is 5.69. The van der Waals surface area contributed by atoms with E-state index in [1.807, 2.05) is 4.68 Å². The molecule has 4 aliphatic rings. The third kappa shape index (κ3) is 3.78. The zero-order chi connectivity index (χ0) is 18.2. The van der Waals surface area contributed by atoms with Gasteiger partial charge < -0.3 is 4.90 Å². The van der Waals surface area contributed by atoms with Crippen LogP contribution < -0.4 is 0 Å². The van der Waals surface area contributed by atoms with Gasteiger partial charge in [-0.15, -0.1) is 5.10 Å². The minimum Gasteiger partial charge on any atom is -0.338 e. The molecule has 6 nitrogen and oxygen atoms in total. The first-order chi connectivity index (χ1) is 13.3. The first-order valence-electron chi connectivity index (χ1n) is 11.2. The number of aromatic nitrogens is 3. The molecule has 0 bridgehead atoms. The molecule has 2 saturated carbocycles. The standard InChI is InChI=1S/C21H33N5O/c27-21(26-12-3-6-17-5-1-2-8-20(17)26)15-24-11-4-7-18(24)13-25-14-19(22-23-25)16-9-10-16/h14,16-18,20H,1-13,15H2/t17?,18-,20?/m0/s1. The molecular weight excluding hydrogens is 338 g/mol. The molecular formula is C21H33N5O. The molecule has 1 amide bonds. The number of amides is 1. The van der Waals surface area contributed by atoms with E-state index in [0.717, 1.165) is 37.7 Å². The van der Waals surface area contributed by atoms with Crippen LogP contribution in [0.3, 0.4) is 0 Å². The van der Waals surface area contributed by atoms with Crippen molar-refractivity contribution >= 4 is 5.91 Å². The number of hydrogen-bond donors (Lipinski definition) is 0. The van der Waals surface area contributed by atoms with Crippen molar-refractivity contribution in [2.24, 2.45) is 5.92 Å². The Balaban J connectivity index is 1.20. The summed E-state index contributed by atoms with van der Waals surface area (Å²) in [6.45, 7) is 3.49. The van der Waals surface area contributed by atoms with Gasteiger partial charge in [0, 0.05) is 30.7 Å². The van der Waals surface area contributed by atoms with Gasteiger partial charge in [-0.1, -0.05) is 18.1 Å². The Hall–Kier alpha value is -1.43. The number of hydrogen-bond acceptors (Lipinski definition) is 4. The highest BCUT2D eigenvalue weighted by Gasteiger charge is 2.37. The maximum Gasteiger partial charge on any atom is 0.237 e. The average Bonchev–Trinajstić information content (AvgIpc) is 3.30. The average molecular weight is 372 g/mol. The van der Waals surface area contributed by atoms with Crippen LogP contribution in [0.2, 0.25) is 0 Å². The van der Waals surface area contributed by atoms with Crippen molar-refractivity contribution in [2.75, 3.05) is 19.6 Å².